The fourth-order valence-corrected chi connectivity index (χ4v) is 5.43. The predicted molar refractivity (Wildman–Crippen MR) is 159 cm³/mol. The number of aromatic nitrogens is 4. The Labute approximate surface area is 238 Å². The predicted octanol–water partition coefficient (Wildman–Crippen LogP) is 5.58. The molecule has 0 aliphatic rings. The highest BCUT2D eigenvalue weighted by Gasteiger charge is 2.16. The molecule has 5 aromatic rings. The van der Waals surface area contributed by atoms with E-state index in [4.69, 9.17) is 14.5 Å². The average Bonchev–Trinajstić information content (AvgIpc) is 3.27. The lowest BCUT2D eigenvalue weighted by Gasteiger charge is -2.10. The van der Waals surface area contributed by atoms with Crippen LogP contribution in [0.5, 0.6) is 11.5 Å². The van der Waals surface area contributed by atoms with Crippen LogP contribution in [0, 0.1) is 6.92 Å². The quantitative estimate of drug-likeness (QED) is 0.159. The van der Waals surface area contributed by atoms with Crippen molar-refractivity contribution in [2.24, 2.45) is 0 Å². The molecule has 0 spiro atoms. The molecule has 0 bridgehead atoms. The molecule has 0 aliphatic heterocycles. The summed E-state index contributed by atoms with van der Waals surface area (Å²) in [5.74, 6) is 2.15. The molecule has 1 N–H and O–H groups in total. The second-order valence-corrected chi connectivity index (χ2v) is 10.7. The van der Waals surface area contributed by atoms with Crippen LogP contribution in [0.4, 0.5) is 0 Å². The molecule has 0 unspecified atom stereocenters. The molecule has 0 atom stereocenters. The number of carbonyl (C=O) groups excluding carboxylic acids is 1. The second-order valence-electron chi connectivity index (χ2n) is 9.60. The van der Waals surface area contributed by atoms with E-state index in [1.165, 1.54) is 22.9 Å². The monoisotopic (exact) mass is 555 g/mol. The smallest absolute Gasteiger partial charge is 0.220 e. The van der Waals surface area contributed by atoms with Gasteiger partial charge in [0.2, 0.25) is 11.1 Å². The lowest BCUT2D eigenvalue weighted by atomic mass is 10.1. The highest BCUT2D eigenvalue weighted by atomic mass is 32.2. The van der Waals surface area contributed by atoms with Crippen molar-refractivity contribution in [3.63, 3.8) is 0 Å². The number of nitrogens with one attached hydrogen (secondary N) is 1. The summed E-state index contributed by atoms with van der Waals surface area (Å²) in [4.78, 5) is 17.3. The summed E-state index contributed by atoms with van der Waals surface area (Å²) in [7, 11) is 3.23. The molecule has 0 saturated carbocycles. The summed E-state index contributed by atoms with van der Waals surface area (Å²) in [6.45, 7) is 3.35. The molecule has 0 fully saturated rings. The van der Waals surface area contributed by atoms with Crippen molar-refractivity contribution < 1.29 is 14.3 Å². The van der Waals surface area contributed by atoms with E-state index >= 15 is 0 Å². The molecule has 40 heavy (non-hydrogen) atoms. The summed E-state index contributed by atoms with van der Waals surface area (Å²) in [5.41, 5.74) is 6.19. The molecular weight excluding hydrogens is 522 g/mol. The number of hydrogen-bond acceptors (Lipinski definition) is 7. The minimum absolute atomic E-state index is 0.0360. The van der Waals surface area contributed by atoms with Crippen LogP contribution < -0.4 is 14.8 Å². The number of aryl methyl sites for hydroxylation is 1. The maximum Gasteiger partial charge on any atom is 0.220 e. The van der Waals surface area contributed by atoms with E-state index in [2.05, 4.69) is 57.3 Å². The van der Waals surface area contributed by atoms with Gasteiger partial charge in [-0.15, -0.1) is 10.2 Å². The van der Waals surface area contributed by atoms with Gasteiger partial charge in [-0.2, -0.15) is 0 Å². The molecule has 8 nitrogen and oxygen atoms in total. The summed E-state index contributed by atoms with van der Waals surface area (Å²) < 4.78 is 12.8. The fraction of sp³-hybridized carbons (Fsp3) is 0.290. The number of hydrogen-bond donors (Lipinski definition) is 1. The third kappa shape index (κ3) is 6.37. The normalized spacial score (nSPS) is 11.2. The Hall–Kier alpha value is -4.11. The van der Waals surface area contributed by atoms with Gasteiger partial charge in [-0.25, -0.2) is 4.98 Å². The van der Waals surface area contributed by atoms with Crippen LogP contribution in [0.1, 0.15) is 29.5 Å². The molecule has 2 heterocycles. The van der Waals surface area contributed by atoms with E-state index in [1.807, 2.05) is 36.4 Å². The highest BCUT2D eigenvalue weighted by Crippen LogP contribution is 2.29. The van der Waals surface area contributed by atoms with Gasteiger partial charge in [-0.05, 0) is 55.2 Å². The Balaban J connectivity index is 1.17. The van der Waals surface area contributed by atoms with E-state index in [1.54, 1.807) is 14.2 Å². The minimum Gasteiger partial charge on any atom is -0.493 e. The minimum atomic E-state index is 0.0360. The van der Waals surface area contributed by atoms with Crippen molar-refractivity contribution >= 4 is 39.7 Å². The summed E-state index contributed by atoms with van der Waals surface area (Å²) in [5, 5.41) is 13.7. The summed E-state index contributed by atoms with van der Waals surface area (Å²) in [6.07, 6.45) is 1.89. The van der Waals surface area contributed by atoms with E-state index in [0.29, 0.717) is 36.2 Å². The van der Waals surface area contributed by atoms with Crippen molar-refractivity contribution in [3.8, 4) is 11.5 Å². The standard InChI is InChI=1S/C31H33N5O3S/c1-21-11-13-25-24(18-21)29-30(36(25)20-23-8-5-4-6-9-23)33-31(35-34-29)40-17-7-10-28(37)32-16-15-22-12-14-26(38-2)27(19-22)39-3/h4-6,8-9,11-14,18-19H,7,10,15-17,20H2,1-3H3,(H,32,37). The number of methoxy groups -OCH3 is 2. The van der Waals surface area contributed by atoms with E-state index < -0.39 is 0 Å². The van der Waals surface area contributed by atoms with Crippen LogP contribution in [-0.4, -0.2) is 52.2 Å². The fourth-order valence-electron chi connectivity index (χ4n) is 4.71. The van der Waals surface area contributed by atoms with Gasteiger partial charge in [0.25, 0.3) is 0 Å². The third-order valence-corrected chi connectivity index (χ3v) is 7.67. The number of nitrogens with zero attached hydrogens (tertiary/aromatic N) is 4. The number of thioether (sulfide) groups is 1. The first-order valence-electron chi connectivity index (χ1n) is 13.3. The molecule has 2 aromatic heterocycles. The molecule has 1 amide bonds. The Kier molecular flexibility index (Phi) is 8.81. The van der Waals surface area contributed by atoms with Crippen LogP contribution in [0.3, 0.4) is 0 Å². The topological polar surface area (TPSA) is 91.2 Å². The van der Waals surface area contributed by atoms with Gasteiger partial charge >= 0.3 is 0 Å². The van der Waals surface area contributed by atoms with Gasteiger partial charge in [0.15, 0.2) is 17.1 Å². The number of amides is 1. The highest BCUT2D eigenvalue weighted by molar-refractivity contribution is 7.99. The van der Waals surface area contributed by atoms with Gasteiger partial charge in [-0.1, -0.05) is 59.8 Å². The molecular formula is C31H33N5O3S. The molecule has 0 aliphatic carbocycles. The number of carbonyl (C=O) groups is 1. The average molecular weight is 556 g/mol. The second kappa shape index (κ2) is 12.8. The van der Waals surface area contributed by atoms with E-state index in [0.717, 1.165) is 46.2 Å². The van der Waals surface area contributed by atoms with E-state index in [-0.39, 0.29) is 5.91 Å². The maximum absolute atomic E-state index is 12.4. The van der Waals surface area contributed by atoms with Crippen molar-refractivity contribution in [2.75, 3.05) is 26.5 Å². The van der Waals surface area contributed by atoms with E-state index in [9.17, 15) is 4.79 Å². The van der Waals surface area contributed by atoms with Crippen molar-refractivity contribution in [2.45, 2.75) is 37.9 Å². The number of benzene rings is 3. The van der Waals surface area contributed by atoms with Gasteiger partial charge in [0.1, 0.15) is 5.52 Å². The largest absolute Gasteiger partial charge is 0.493 e. The maximum atomic E-state index is 12.4. The van der Waals surface area contributed by atoms with Crippen LogP contribution in [-0.2, 0) is 17.8 Å². The van der Waals surface area contributed by atoms with Crippen molar-refractivity contribution in [3.05, 3.63) is 83.4 Å². The number of rotatable bonds is 12. The SMILES string of the molecule is COc1ccc(CCNC(=O)CCCSc2nnc3c4cc(C)ccc4n(Cc4ccccc4)c3n2)cc1OC. The van der Waals surface area contributed by atoms with Gasteiger partial charge in [0.05, 0.1) is 19.7 Å². The van der Waals surface area contributed by atoms with Crippen LogP contribution in [0.25, 0.3) is 22.1 Å². The first kappa shape index (κ1) is 27.5. The van der Waals surface area contributed by atoms with Gasteiger partial charge in [0, 0.05) is 30.6 Å². The van der Waals surface area contributed by atoms with Crippen molar-refractivity contribution in [1.29, 1.82) is 0 Å². The zero-order chi connectivity index (χ0) is 27.9. The summed E-state index contributed by atoms with van der Waals surface area (Å²) >= 11 is 1.53. The zero-order valence-electron chi connectivity index (χ0n) is 23.0. The first-order valence-corrected chi connectivity index (χ1v) is 14.3. The number of fused-ring (bicyclic) bond motifs is 3. The molecule has 3 aromatic carbocycles. The molecule has 206 valence electrons. The molecule has 0 radical (unpaired) electrons. The number of ether oxygens (including phenoxy) is 2. The van der Waals surface area contributed by atoms with Crippen LogP contribution >= 0.6 is 11.8 Å². The molecule has 0 saturated heterocycles. The van der Waals surface area contributed by atoms with Crippen LogP contribution in [0.15, 0.2) is 71.9 Å². The Bertz CT molecular complexity index is 1620. The Morgan fingerprint density at radius 2 is 1.77 bits per heavy atom. The van der Waals surface area contributed by atoms with Gasteiger partial charge < -0.3 is 19.4 Å². The first-order chi connectivity index (χ1) is 19.6. The lowest BCUT2D eigenvalue weighted by Crippen LogP contribution is -2.25. The Morgan fingerprint density at radius 3 is 2.58 bits per heavy atom. The molecule has 9 heteroatoms. The van der Waals surface area contributed by atoms with Crippen molar-refractivity contribution in [1.82, 2.24) is 25.1 Å². The van der Waals surface area contributed by atoms with Crippen LogP contribution in [0.2, 0.25) is 0 Å². The third-order valence-electron chi connectivity index (χ3n) is 6.75. The zero-order valence-corrected chi connectivity index (χ0v) is 23.8. The lowest BCUT2D eigenvalue weighted by molar-refractivity contribution is -0.121. The molecule has 5 rings (SSSR count). The summed E-state index contributed by atoms with van der Waals surface area (Å²) in [6, 6.07) is 22.6. The Morgan fingerprint density at radius 1 is 0.950 bits per heavy atom. The van der Waals surface area contributed by atoms with Gasteiger partial charge in [-0.3, -0.25) is 4.79 Å².